The van der Waals surface area contributed by atoms with Gasteiger partial charge in [0.2, 0.25) is 5.91 Å². The minimum absolute atomic E-state index is 0.226. The molecule has 0 radical (unpaired) electrons. The third kappa shape index (κ3) is 4.10. The Labute approximate surface area is 164 Å². The summed E-state index contributed by atoms with van der Waals surface area (Å²) in [6, 6.07) is 6.86. The molecule has 6 nitrogen and oxygen atoms in total. The van der Waals surface area contributed by atoms with Gasteiger partial charge in [0.1, 0.15) is 12.1 Å². The van der Waals surface area contributed by atoms with E-state index in [1.54, 1.807) is 11.0 Å². The molecule has 1 saturated heterocycles. The van der Waals surface area contributed by atoms with Gasteiger partial charge in [-0.15, -0.1) is 0 Å². The van der Waals surface area contributed by atoms with Gasteiger partial charge in [0.05, 0.1) is 0 Å². The van der Waals surface area contributed by atoms with E-state index in [2.05, 4.69) is 12.2 Å². The number of urea groups is 1. The SMILES string of the molecule is CCN(Cc1cccc(Cl)c1)C(=O)CN1C(=O)NC2(CCC(C)CC2)C1=O. The molecule has 0 bridgehead atoms. The lowest BCUT2D eigenvalue weighted by molar-refractivity contribution is -0.139. The molecule has 1 aromatic carbocycles. The van der Waals surface area contributed by atoms with Gasteiger partial charge in [0.15, 0.2) is 0 Å². The van der Waals surface area contributed by atoms with Crippen LogP contribution in [0.4, 0.5) is 4.79 Å². The lowest BCUT2D eigenvalue weighted by Crippen LogP contribution is -2.50. The topological polar surface area (TPSA) is 69.7 Å². The summed E-state index contributed by atoms with van der Waals surface area (Å²) in [6.07, 6.45) is 3.10. The molecule has 1 heterocycles. The Morgan fingerprint density at radius 3 is 2.67 bits per heavy atom. The Morgan fingerprint density at radius 2 is 2.04 bits per heavy atom. The minimum atomic E-state index is -0.812. The van der Waals surface area contributed by atoms with Gasteiger partial charge >= 0.3 is 6.03 Å². The van der Waals surface area contributed by atoms with Gasteiger partial charge in [-0.05, 0) is 56.2 Å². The van der Waals surface area contributed by atoms with Crippen molar-refractivity contribution >= 4 is 29.4 Å². The number of hydrogen-bond acceptors (Lipinski definition) is 3. The molecule has 0 unspecified atom stereocenters. The number of hydrogen-bond donors (Lipinski definition) is 1. The average molecular weight is 392 g/mol. The summed E-state index contributed by atoms with van der Waals surface area (Å²) >= 11 is 6.01. The van der Waals surface area contributed by atoms with Crippen molar-refractivity contribution in [2.24, 2.45) is 5.92 Å². The van der Waals surface area contributed by atoms with Crippen molar-refractivity contribution in [3.8, 4) is 0 Å². The van der Waals surface area contributed by atoms with Crippen LogP contribution < -0.4 is 5.32 Å². The molecule has 1 aliphatic carbocycles. The second-order valence-corrected chi connectivity index (χ2v) is 8.06. The first-order valence-corrected chi connectivity index (χ1v) is 9.89. The largest absolute Gasteiger partial charge is 0.337 e. The fourth-order valence-corrected chi connectivity index (χ4v) is 4.09. The van der Waals surface area contributed by atoms with E-state index >= 15 is 0 Å². The van der Waals surface area contributed by atoms with Crippen LogP contribution in [0.5, 0.6) is 0 Å². The third-order valence-corrected chi connectivity index (χ3v) is 5.90. The summed E-state index contributed by atoms with van der Waals surface area (Å²) in [4.78, 5) is 40.8. The number of amides is 4. The van der Waals surface area contributed by atoms with Crippen LogP contribution in [0.25, 0.3) is 0 Å². The first-order valence-electron chi connectivity index (χ1n) is 9.51. The van der Waals surface area contributed by atoms with E-state index in [0.29, 0.717) is 36.9 Å². The summed E-state index contributed by atoms with van der Waals surface area (Å²) in [5.74, 6) is 0.0538. The maximum absolute atomic E-state index is 12.9. The molecule has 27 heavy (non-hydrogen) atoms. The molecule has 3 rings (SSSR count). The van der Waals surface area contributed by atoms with Crippen molar-refractivity contribution in [1.29, 1.82) is 0 Å². The zero-order chi connectivity index (χ0) is 19.6. The molecule has 1 aromatic rings. The van der Waals surface area contributed by atoms with E-state index in [1.807, 2.05) is 25.1 Å². The quantitative estimate of drug-likeness (QED) is 0.783. The molecule has 1 N–H and O–H groups in total. The highest BCUT2D eigenvalue weighted by atomic mass is 35.5. The molecule has 0 atom stereocenters. The molecule has 146 valence electrons. The zero-order valence-electron chi connectivity index (χ0n) is 15.8. The van der Waals surface area contributed by atoms with E-state index < -0.39 is 11.6 Å². The van der Waals surface area contributed by atoms with Crippen LogP contribution in [0.1, 0.15) is 45.1 Å². The molecule has 4 amide bonds. The number of nitrogens with zero attached hydrogens (tertiary/aromatic N) is 2. The molecule has 2 aliphatic rings. The van der Waals surface area contributed by atoms with Crippen LogP contribution in [0.15, 0.2) is 24.3 Å². The van der Waals surface area contributed by atoms with E-state index in [4.69, 9.17) is 11.6 Å². The van der Waals surface area contributed by atoms with Crippen LogP contribution in [0, 0.1) is 5.92 Å². The summed E-state index contributed by atoms with van der Waals surface area (Å²) in [5.41, 5.74) is 0.0982. The van der Waals surface area contributed by atoms with Crippen molar-refractivity contribution in [2.75, 3.05) is 13.1 Å². The summed E-state index contributed by atoms with van der Waals surface area (Å²) in [6.45, 7) is 4.68. The predicted octanol–water partition coefficient (Wildman–Crippen LogP) is 3.19. The molecular formula is C20H26ClN3O3. The van der Waals surface area contributed by atoms with Gasteiger partial charge in [-0.2, -0.15) is 0 Å². The Balaban J connectivity index is 1.67. The highest BCUT2D eigenvalue weighted by molar-refractivity contribution is 6.30. The summed E-state index contributed by atoms with van der Waals surface area (Å²) in [5, 5.41) is 3.47. The Morgan fingerprint density at radius 1 is 1.33 bits per heavy atom. The van der Waals surface area contributed by atoms with Crippen LogP contribution in [0.3, 0.4) is 0 Å². The van der Waals surface area contributed by atoms with Gasteiger partial charge in [0.25, 0.3) is 5.91 Å². The average Bonchev–Trinajstić information content (AvgIpc) is 2.86. The summed E-state index contributed by atoms with van der Waals surface area (Å²) < 4.78 is 0. The molecular weight excluding hydrogens is 366 g/mol. The molecule has 2 fully saturated rings. The van der Waals surface area contributed by atoms with Crippen molar-refractivity contribution in [2.45, 2.75) is 51.6 Å². The number of likely N-dealkylation sites (N-methyl/N-ethyl adjacent to an activating group) is 1. The highest BCUT2D eigenvalue weighted by Crippen LogP contribution is 2.36. The van der Waals surface area contributed by atoms with Crippen LogP contribution in [-0.4, -0.2) is 46.3 Å². The van der Waals surface area contributed by atoms with E-state index in [9.17, 15) is 14.4 Å². The number of nitrogens with one attached hydrogen (secondary N) is 1. The summed E-state index contributed by atoms with van der Waals surface area (Å²) in [7, 11) is 0. The number of rotatable bonds is 5. The van der Waals surface area contributed by atoms with E-state index in [-0.39, 0.29) is 18.4 Å². The monoisotopic (exact) mass is 391 g/mol. The fraction of sp³-hybridized carbons (Fsp3) is 0.550. The number of imide groups is 1. The Bertz CT molecular complexity index is 744. The third-order valence-electron chi connectivity index (χ3n) is 5.66. The van der Waals surface area contributed by atoms with E-state index in [0.717, 1.165) is 23.3 Å². The maximum atomic E-state index is 12.9. The second-order valence-electron chi connectivity index (χ2n) is 7.62. The normalized spacial score (nSPS) is 25.0. The highest BCUT2D eigenvalue weighted by Gasteiger charge is 2.52. The second kappa shape index (κ2) is 7.89. The minimum Gasteiger partial charge on any atom is -0.337 e. The molecule has 7 heteroatoms. The van der Waals surface area contributed by atoms with Gasteiger partial charge < -0.3 is 10.2 Å². The Hall–Kier alpha value is -2.08. The standard InChI is InChI=1S/C20H26ClN3O3/c1-3-23(12-15-5-4-6-16(21)11-15)17(25)13-24-18(26)20(22-19(24)27)9-7-14(2)8-10-20/h4-6,11,14H,3,7-10,12-13H2,1-2H3,(H,22,27). The number of carbonyl (C=O) groups is 3. The smallest absolute Gasteiger partial charge is 0.325 e. The fourth-order valence-electron chi connectivity index (χ4n) is 3.88. The van der Waals surface area contributed by atoms with Gasteiger partial charge in [-0.1, -0.05) is 30.7 Å². The van der Waals surface area contributed by atoms with Gasteiger partial charge in [-0.25, -0.2) is 4.79 Å². The van der Waals surface area contributed by atoms with Crippen molar-refractivity contribution in [1.82, 2.24) is 15.1 Å². The predicted molar refractivity (Wildman–Crippen MR) is 103 cm³/mol. The number of halogens is 1. The van der Waals surface area contributed by atoms with Gasteiger partial charge in [-0.3, -0.25) is 14.5 Å². The zero-order valence-corrected chi connectivity index (χ0v) is 16.6. The number of carbonyl (C=O) groups excluding carboxylic acids is 3. The molecule has 0 aromatic heterocycles. The van der Waals surface area contributed by atoms with Crippen LogP contribution in [0.2, 0.25) is 5.02 Å². The molecule has 1 aliphatic heterocycles. The number of benzene rings is 1. The van der Waals surface area contributed by atoms with E-state index in [1.165, 1.54) is 0 Å². The first-order chi connectivity index (χ1) is 12.8. The maximum Gasteiger partial charge on any atom is 0.325 e. The van der Waals surface area contributed by atoms with Crippen LogP contribution in [-0.2, 0) is 16.1 Å². The first kappa shape index (κ1) is 19.7. The van der Waals surface area contributed by atoms with Crippen molar-refractivity contribution < 1.29 is 14.4 Å². The Kier molecular flexibility index (Phi) is 5.75. The molecule has 1 saturated carbocycles. The van der Waals surface area contributed by atoms with Crippen LogP contribution >= 0.6 is 11.6 Å². The van der Waals surface area contributed by atoms with Crippen molar-refractivity contribution in [3.63, 3.8) is 0 Å². The van der Waals surface area contributed by atoms with Crippen molar-refractivity contribution in [3.05, 3.63) is 34.9 Å². The van der Waals surface area contributed by atoms with Gasteiger partial charge in [0, 0.05) is 18.1 Å². The molecule has 1 spiro atoms. The lowest BCUT2D eigenvalue weighted by Gasteiger charge is -2.33. The lowest BCUT2D eigenvalue weighted by atomic mass is 9.77.